The number of H-pyrrole nitrogens is 1. The molecule has 0 aliphatic carbocycles. The number of ether oxygens (including phenoxy) is 1. The number of hydrogen-bond donors (Lipinski definition) is 5. The summed E-state index contributed by atoms with van der Waals surface area (Å²) >= 11 is 0. The number of rotatable bonds is 16. The molecule has 0 saturated heterocycles. The predicted octanol–water partition coefficient (Wildman–Crippen LogP) is 5.10. The number of anilines is 3. The van der Waals surface area contributed by atoms with E-state index in [4.69, 9.17) is 14.5 Å². The van der Waals surface area contributed by atoms with Gasteiger partial charge < -0.3 is 35.0 Å². The molecule has 12 nitrogen and oxygen atoms in total. The quantitative estimate of drug-likeness (QED) is 0.0752. The second kappa shape index (κ2) is 14.4. The molecule has 0 saturated carbocycles. The number of phosphoric ester groups is 1. The first-order valence-corrected chi connectivity index (χ1v) is 15.7. The highest BCUT2D eigenvalue weighted by Crippen LogP contribution is 2.35. The summed E-state index contributed by atoms with van der Waals surface area (Å²) in [6.45, 7) is 5.11. The second-order valence-corrected chi connectivity index (χ2v) is 11.2. The Hall–Kier alpha value is -4.06. The summed E-state index contributed by atoms with van der Waals surface area (Å²) in [5, 5.41) is 7.68. The summed E-state index contributed by atoms with van der Waals surface area (Å²) in [6, 6.07) is 22.0. The van der Waals surface area contributed by atoms with E-state index in [1.807, 2.05) is 61.5 Å². The molecule has 0 amide bonds. The minimum Gasteiger partial charge on any atom is -0.493 e. The van der Waals surface area contributed by atoms with Crippen LogP contribution >= 0.6 is 7.82 Å². The van der Waals surface area contributed by atoms with Crippen LogP contribution < -0.4 is 15.4 Å². The van der Waals surface area contributed by atoms with Gasteiger partial charge in [0.15, 0.2) is 0 Å². The Bertz CT molecular complexity index is 1640. The molecule has 5 N–H and O–H groups in total. The fourth-order valence-corrected chi connectivity index (χ4v) is 5.01. The normalized spacial score (nSPS) is 11.8. The summed E-state index contributed by atoms with van der Waals surface area (Å²) in [7, 11) is -4.44. The van der Waals surface area contributed by atoms with Crippen LogP contribution in [0, 0.1) is 0 Å². The van der Waals surface area contributed by atoms with Crippen molar-refractivity contribution in [3.63, 3.8) is 0 Å². The van der Waals surface area contributed by atoms with Crippen molar-refractivity contribution in [1.29, 1.82) is 0 Å². The van der Waals surface area contributed by atoms with Gasteiger partial charge in [-0.1, -0.05) is 31.2 Å². The van der Waals surface area contributed by atoms with Crippen LogP contribution in [0.5, 0.6) is 5.75 Å². The van der Waals surface area contributed by atoms with E-state index in [1.165, 1.54) is 5.56 Å². The molecular weight excluding hydrogens is 569 g/mol. The lowest BCUT2D eigenvalue weighted by Gasteiger charge is -2.20. The number of imidazole rings is 1. The number of phosphoric acid groups is 1. The number of para-hydroxylation sites is 2. The summed E-state index contributed by atoms with van der Waals surface area (Å²) < 4.78 is 21.3. The first-order chi connectivity index (χ1) is 20.9. The highest BCUT2D eigenvalue weighted by molar-refractivity contribution is 7.46. The summed E-state index contributed by atoms with van der Waals surface area (Å²) in [5.74, 6) is 2.21. The van der Waals surface area contributed by atoms with E-state index in [1.54, 1.807) is 6.33 Å². The lowest BCUT2D eigenvalue weighted by molar-refractivity contribution is 0.159. The molecule has 0 radical (unpaired) electrons. The number of hydrogen-bond acceptors (Lipinski definition) is 9. The molecule has 2 aromatic heterocycles. The zero-order chi connectivity index (χ0) is 30.1. The van der Waals surface area contributed by atoms with Crippen LogP contribution in [0.2, 0.25) is 0 Å². The monoisotopic (exact) mass is 605 g/mol. The lowest BCUT2D eigenvalue weighted by atomic mass is 10.1. The van der Waals surface area contributed by atoms with Crippen molar-refractivity contribution in [2.75, 3.05) is 50.0 Å². The van der Waals surface area contributed by atoms with Crippen molar-refractivity contribution in [1.82, 2.24) is 24.8 Å². The molecule has 3 aromatic carbocycles. The van der Waals surface area contributed by atoms with Gasteiger partial charge in [0.1, 0.15) is 17.9 Å². The number of fused-ring (bicyclic) bond motifs is 2. The van der Waals surface area contributed by atoms with Gasteiger partial charge in [0.2, 0.25) is 5.95 Å². The maximum Gasteiger partial charge on any atom is 0.469 e. The third-order valence-corrected chi connectivity index (χ3v) is 7.44. The lowest BCUT2D eigenvalue weighted by Crippen LogP contribution is -2.29. The molecule has 0 atom stereocenters. The van der Waals surface area contributed by atoms with Crippen molar-refractivity contribution < 1.29 is 23.6 Å². The van der Waals surface area contributed by atoms with Gasteiger partial charge in [0.05, 0.1) is 29.8 Å². The zero-order valence-corrected chi connectivity index (χ0v) is 24.8. The summed E-state index contributed by atoms with van der Waals surface area (Å²) in [5.41, 5.74) is 4.88. The van der Waals surface area contributed by atoms with Gasteiger partial charge in [-0.05, 0) is 61.3 Å². The van der Waals surface area contributed by atoms with Crippen molar-refractivity contribution in [2.45, 2.75) is 19.8 Å². The summed E-state index contributed by atoms with van der Waals surface area (Å²) in [6.07, 6.45) is 3.14. The van der Waals surface area contributed by atoms with E-state index in [2.05, 4.69) is 52.1 Å². The van der Waals surface area contributed by atoms with Crippen molar-refractivity contribution >= 4 is 47.2 Å². The number of benzene rings is 3. The Morgan fingerprint density at radius 1 is 0.977 bits per heavy atom. The van der Waals surface area contributed by atoms with E-state index in [9.17, 15) is 4.57 Å². The van der Waals surface area contributed by atoms with Gasteiger partial charge in [-0.15, -0.1) is 0 Å². The highest BCUT2D eigenvalue weighted by Gasteiger charge is 2.14. The van der Waals surface area contributed by atoms with Crippen LogP contribution in [0.3, 0.4) is 0 Å². The predicted molar refractivity (Wildman–Crippen MR) is 168 cm³/mol. The third kappa shape index (κ3) is 8.96. The highest BCUT2D eigenvalue weighted by atomic mass is 31.2. The molecule has 13 heteroatoms. The van der Waals surface area contributed by atoms with Crippen molar-refractivity contribution in [3.05, 3.63) is 78.6 Å². The Morgan fingerprint density at radius 3 is 2.60 bits per heavy atom. The fourth-order valence-electron chi connectivity index (χ4n) is 4.69. The molecule has 0 spiro atoms. The van der Waals surface area contributed by atoms with Gasteiger partial charge in [-0.3, -0.25) is 4.52 Å². The van der Waals surface area contributed by atoms with E-state index in [0.29, 0.717) is 25.6 Å². The van der Waals surface area contributed by atoms with Crippen LogP contribution in [0.25, 0.3) is 21.9 Å². The van der Waals surface area contributed by atoms with Gasteiger partial charge in [0, 0.05) is 36.8 Å². The summed E-state index contributed by atoms with van der Waals surface area (Å²) in [4.78, 5) is 36.4. The topological polar surface area (TPSA) is 158 Å². The van der Waals surface area contributed by atoms with Crippen LogP contribution in [-0.4, -0.2) is 74.0 Å². The van der Waals surface area contributed by atoms with E-state index in [-0.39, 0.29) is 6.61 Å². The average molecular weight is 606 g/mol. The smallest absolute Gasteiger partial charge is 0.469 e. The number of aromatic nitrogens is 4. The van der Waals surface area contributed by atoms with E-state index < -0.39 is 7.82 Å². The number of nitrogens with zero attached hydrogens (tertiary/aromatic N) is 4. The average Bonchev–Trinajstić information content (AvgIpc) is 3.41. The maximum absolute atomic E-state index is 10.8. The standard InChI is InChI=1S/C30H36N7O5P/c1-2-37(17-19-42-43(38,39)40)16-5-18-41-24-12-13-25-28(20-24)32-21-33-29(25)31-15-14-22-8-10-23(11-9-22)34-30-35-26-6-3-4-7-27(26)36-30/h3-4,6-13,20-21H,2,5,14-19H2,1H3,(H,31,32,33)(H2,34,35,36)(H2,38,39,40). The number of likely N-dealkylation sites (N-methyl/N-ethyl adjacent to an activating group) is 1. The number of aromatic amines is 1. The largest absolute Gasteiger partial charge is 0.493 e. The Morgan fingerprint density at radius 2 is 1.81 bits per heavy atom. The molecule has 226 valence electrons. The SMILES string of the molecule is CCN(CCCOc1ccc2c(NCCc3ccc(Nc4nc5ccccc5[nH]4)cc3)ncnc2c1)CCOP(=O)(O)O. The van der Waals surface area contributed by atoms with Gasteiger partial charge in [-0.25, -0.2) is 19.5 Å². The molecule has 5 rings (SSSR count). The number of nitrogens with one attached hydrogen (secondary N) is 3. The molecule has 0 aliphatic heterocycles. The van der Waals surface area contributed by atoms with Crippen LogP contribution in [0.4, 0.5) is 17.5 Å². The maximum atomic E-state index is 10.8. The van der Waals surface area contributed by atoms with Gasteiger partial charge in [0.25, 0.3) is 0 Å². The molecule has 0 aliphatic rings. The Labute approximate surface area is 249 Å². The second-order valence-electron chi connectivity index (χ2n) is 9.96. The minimum absolute atomic E-state index is 0.0199. The molecule has 0 fully saturated rings. The van der Waals surface area contributed by atoms with Crippen molar-refractivity contribution in [2.24, 2.45) is 0 Å². The van der Waals surface area contributed by atoms with E-state index in [0.717, 1.165) is 65.1 Å². The Kier molecular flexibility index (Phi) is 10.2. The first-order valence-electron chi connectivity index (χ1n) is 14.2. The van der Waals surface area contributed by atoms with Gasteiger partial charge >= 0.3 is 7.82 Å². The molecule has 0 unspecified atom stereocenters. The molecule has 43 heavy (non-hydrogen) atoms. The molecular formula is C30H36N7O5P. The molecule has 0 bridgehead atoms. The third-order valence-electron chi connectivity index (χ3n) is 6.92. The fraction of sp³-hybridized carbons (Fsp3) is 0.300. The van der Waals surface area contributed by atoms with Gasteiger partial charge in [-0.2, -0.15) is 0 Å². The van der Waals surface area contributed by atoms with Crippen LogP contribution in [-0.2, 0) is 15.5 Å². The minimum atomic E-state index is -4.44. The zero-order valence-electron chi connectivity index (χ0n) is 23.9. The van der Waals surface area contributed by atoms with E-state index >= 15 is 0 Å². The Balaban J connectivity index is 1.07. The van der Waals surface area contributed by atoms with Crippen LogP contribution in [0.1, 0.15) is 18.9 Å². The first kappa shape index (κ1) is 30.4. The van der Waals surface area contributed by atoms with Crippen LogP contribution in [0.15, 0.2) is 73.1 Å². The van der Waals surface area contributed by atoms with Crippen molar-refractivity contribution in [3.8, 4) is 5.75 Å². The molecule has 5 aromatic rings. The molecule has 2 heterocycles.